The predicted octanol–water partition coefficient (Wildman–Crippen LogP) is 6.08. The van der Waals surface area contributed by atoms with Crippen LogP contribution in [-0.2, 0) is 39.0 Å². The Labute approximate surface area is 302 Å². The Kier molecular flexibility index (Phi) is 8.57. The van der Waals surface area contributed by atoms with Crippen LogP contribution in [0.3, 0.4) is 0 Å². The minimum absolute atomic E-state index is 0.0145. The van der Waals surface area contributed by atoms with Crippen molar-refractivity contribution < 1.29 is 35.1 Å². The summed E-state index contributed by atoms with van der Waals surface area (Å²) in [4.78, 5) is 29.5. The van der Waals surface area contributed by atoms with Crippen molar-refractivity contribution in [1.29, 1.82) is 0 Å². The molecule has 2 aromatic carbocycles. The van der Waals surface area contributed by atoms with E-state index in [9.17, 15) is 30.7 Å². The molecule has 21 heteroatoms. The molecule has 0 spiro atoms. The Hall–Kier alpha value is -6.67. The zero-order valence-corrected chi connectivity index (χ0v) is 28.1. The third kappa shape index (κ3) is 7.06. The number of rotatable bonds is 9. The summed E-state index contributed by atoms with van der Waals surface area (Å²) < 4.78 is 116. The first-order valence-corrected chi connectivity index (χ1v) is 16.2. The van der Waals surface area contributed by atoms with Crippen LogP contribution in [0.15, 0.2) is 67.4 Å². The van der Waals surface area contributed by atoms with Crippen LogP contribution in [-0.4, -0.2) is 70.0 Å². The number of nitrogens with one attached hydrogen (secondary N) is 1. The molecule has 0 radical (unpaired) electrons. The van der Waals surface area contributed by atoms with E-state index in [-0.39, 0.29) is 64.0 Å². The van der Waals surface area contributed by atoms with Crippen LogP contribution in [0.25, 0.3) is 40.0 Å². The average molecular weight is 766 g/mol. The summed E-state index contributed by atoms with van der Waals surface area (Å²) in [5.74, 6) is -3.77. The zero-order chi connectivity index (χ0) is 38.6. The summed E-state index contributed by atoms with van der Waals surface area (Å²) in [6, 6.07) is 10.4. The van der Waals surface area contributed by atoms with Gasteiger partial charge in [0.05, 0.1) is 17.7 Å². The molecule has 55 heavy (non-hydrogen) atoms. The number of halogens is 8. The van der Waals surface area contributed by atoms with Gasteiger partial charge < -0.3 is 8.97 Å². The molecule has 8 rings (SSSR count). The highest BCUT2D eigenvalue weighted by atomic mass is 19.4. The maximum Gasteiger partial charge on any atom is 0.451 e. The fourth-order valence-corrected chi connectivity index (χ4v) is 5.99. The molecule has 0 aliphatic carbocycles. The lowest BCUT2D eigenvalue weighted by molar-refractivity contribution is -0.145. The monoisotopic (exact) mass is 765 g/mol. The standard InChI is InChI=1S/C34H23F8N13/c1-53-16-44-26-21(46-28(48-31(26)53)29-49-32(51-50-29)34(40,41)42)12-18-6-4-7-19(25(18)36)13-24-47-27(52-55(24)15-33(37,38)39)23-14-54-10-9-43-30(54)22(45-23)11-17-5-2-3-8-20(17)35/h2-10,14,16H,11-13,15H2,1H3,(H,49,50,51). The maximum atomic E-state index is 16.3. The number of fused-ring (bicyclic) bond motifs is 2. The number of benzene rings is 2. The van der Waals surface area contributed by atoms with Gasteiger partial charge in [0.2, 0.25) is 23.3 Å². The molecule has 0 saturated carbocycles. The van der Waals surface area contributed by atoms with Gasteiger partial charge in [-0.15, -0.1) is 10.2 Å². The zero-order valence-electron chi connectivity index (χ0n) is 28.1. The van der Waals surface area contributed by atoms with Crippen molar-refractivity contribution in [2.24, 2.45) is 7.05 Å². The molecule has 0 aliphatic rings. The fraction of sp³-hybridized carbons (Fsp3) is 0.206. The lowest BCUT2D eigenvalue weighted by Crippen LogP contribution is -2.21. The molecule has 8 aromatic rings. The number of imidazole rings is 2. The SMILES string of the molecule is Cn1cnc2c(Cc3cccc(Cc4nc(-c5cn6ccnc6c(Cc6ccccc6F)n5)nn4CC(F)(F)F)c3F)nc(-c3n[nH]c(C(F)(F)F)n3)nc21. The minimum atomic E-state index is -4.81. The topological polar surface area (TPSA) is 146 Å². The highest BCUT2D eigenvalue weighted by molar-refractivity contribution is 5.76. The van der Waals surface area contributed by atoms with Gasteiger partial charge >= 0.3 is 12.4 Å². The van der Waals surface area contributed by atoms with Gasteiger partial charge in [0, 0.05) is 44.9 Å². The number of hydrogen-bond acceptors (Lipinski definition) is 9. The highest BCUT2D eigenvalue weighted by Crippen LogP contribution is 2.29. The van der Waals surface area contributed by atoms with E-state index in [1.54, 1.807) is 29.8 Å². The molecule has 6 heterocycles. The van der Waals surface area contributed by atoms with Crippen molar-refractivity contribution in [3.63, 3.8) is 0 Å². The number of hydrogen-bond donors (Lipinski definition) is 1. The van der Waals surface area contributed by atoms with E-state index in [2.05, 4.69) is 45.1 Å². The van der Waals surface area contributed by atoms with Gasteiger partial charge in [0.1, 0.15) is 35.2 Å². The van der Waals surface area contributed by atoms with Crippen molar-refractivity contribution >= 4 is 16.8 Å². The van der Waals surface area contributed by atoms with Crippen molar-refractivity contribution in [2.45, 2.75) is 38.2 Å². The van der Waals surface area contributed by atoms with Gasteiger partial charge in [0.25, 0.3) is 0 Å². The van der Waals surface area contributed by atoms with E-state index in [0.717, 1.165) is 0 Å². The van der Waals surface area contributed by atoms with Crippen molar-refractivity contribution in [3.05, 3.63) is 119 Å². The van der Waals surface area contributed by atoms with E-state index < -0.39 is 48.6 Å². The fourth-order valence-electron chi connectivity index (χ4n) is 5.99. The first kappa shape index (κ1) is 35.4. The first-order valence-electron chi connectivity index (χ1n) is 16.2. The minimum Gasteiger partial charge on any atom is -0.318 e. The second-order valence-electron chi connectivity index (χ2n) is 12.4. The lowest BCUT2D eigenvalue weighted by Gasteiger charge is -2.11. The van der Waals surface area contributed by atoms with Crippen LogP contribution >= 0.6 is 0 Å². The van der Waals surface area contributed by atoms with Crippen LogP contribution in [0.4, 0.5) is 35.1 Å². The molecule has 1 N–H and O–H groups in total. The summed E-state index contributed by atoms with van der Waals surface area (Å²) in [5.41, 5.74) is 1.69. The number of aromatic amines is 1. The molecule has 0 fully saturated rings. The smallest absolute Gasteiger partial charge is 0.318 e. The van der Waals surface area contributed by atoms with Gasteiger partial charge in [-0.3, -0.25) is 5.10 Å². The van der Waals surface area contributed by atoms with Crippen LogP contribution < -0.4 is 0 Å². The molecule has 280 valence electrons. The summed E-state index contributed by atoms with van der Waals surface area (Å²) in [5, 5.41) is 9.51. The summed E-state index contributed by atoms with van der Waals surface area (Å²) in [6.07, 6.45) is -4.24. The highest BCUT2D eigenvalue weighted by Gasteiger charge is 2.36. The van der Waals surface area contributed by atoms with Gasteiger partial charge in [-0.2, -0.15) is 26.3 Å². The van der Waals surface area contributed by atoms with Crippen molar-refractivity contribution in [2.75, 3.05) is 0 Å². The number of nitrogens with zero attached hydrogens (tertiary/aromatic N) is 12. The van der Waals surface area contributed by atoms with Crippen LogP contribution in [0.2, 0.25) is 0 Å². The van der Waals surface area contributed by atoms with Crippen LogP contribution in [0, 0.1) is 11.6 Å². The third-order valence-corrected chi connectivity index (χ3v) is 8.52. The summed E-state index contributed by atoms with van der Waals surface area (Å²) in [6.45, 7) is -1.54. The van der Waals surface area contributed by atoms with Gasteiger partial charge in [-0.25, -0.2) is 48.4 Å². The van der Waals surface area contributed by atoms with Crippen LogP contribution in [0.5, 0.6) is 0 Å². The quantitative estimate of drug-likeness (QED) is 0.173. The summed E-state index contributed by atoms with van der Waals surface area (Å²) in [7, 11) is 1.59. The Balaban J connectivity index is 1.14. The number of aryl methyl sites for hydroxylation is 1. The van der Waals surface area contributed by atoms with Gasteiger partial charge in [0.15, 0.2) is 11.3 Å². The number of alkyl halides is 6. The molecule has 0 unspecified atom stereocenters. The van der Waals surface area contributed by atoms with E-state index in [0.29, 0.717) is 21.6 Å². The lowest BCUT2D eigenvalue weighted by atomic mass is 10.0. The average Bonchev–Trinajstić information content (AvgIpc) is 3.94. The number of aromatic nitrogens is 13. The maximum absolute atomic E-state index is 16.3. The molecule has 0 aliphatic heterocycles. The third-order valence-electron chi connectivity index (χ3n) is 8.52. The van der Waals surface area contributed by atoms with E-state index >= 15 is 4.39 Å². The Bertz CT molecular complexity index is 2710. The second kappa shape index (κ2) is 13.3. The molecule has 0 saturated heterocycles. The molecule has 13 nitrogen and oxygen atoms in total. The molecular formula is C34H23F8N13. The normalized spacial score (nSPS) is 12.4. The molecule has 6 aromatic heterocycles. The van der Waals surface area contributed by atoms with Crippen molar-refractivity contribution in [1.82, 2.24) is 63.8 Å². The molecule has 0 amide bonds. The Morgan fingerprint density at radius 2 is 1.47 bits per heavy atom. The predicted molar refractivity (Wildman–Crippen MR) is 176 cm³/mol. The molecule has 0 atom stereocenters. The largest absolute Gasteiger partial charge is 0.451 e. The van der Waals surface area contributed by atoms with Crippen LogP contribution in [0.1, 0.15) is 39.7 Å². The second-order valence-corrected chi connectivity index (χ2v) is 12.4. The molecular weight excluding hydrogens is 742 g/mol. The van der Waals surface area contributed by atoms with E-state index in [4.69, 9.17) is 0 Å². The van der Waals surface area contributed by atoms with E-state index in [1.807, 2.05) is 5.10 Å². The number of H-pyrrole nitrogens is 1. The van der Waals surface area contributed by atoms with Crippen molar-refractivity contribution in [3.8, 4) is 23.2 Å². The molecule has 0 bridgehead atoms. The van der Waals surface area contributed by atoms with E-state index in [1.165, 1.54) is 53.6 Å². The summed E-state index contributed by atoms with van der Waals surface area (Å²) >= 11 is 0. The van der Waals surface area contributed by atoms with Gasteiger partial charge in [-0.05, 0) is 22.8 Å². The Morgan fingerprint density at radius 1 is 0.727 bits per heavy atom. The van der Waals surface area contributed by atoms with Gasteiger partial charge in [-0.1, -0.05) is 36.4 Å². The first-order chi connectivity index (χ1) is 26.2. The Morgan fingerprint density at radius 3 is 2.22 bits per heavy atom.